The van der Waals surface area contributed by atoms with E-state index < -0.39 is 5.97 Å². The van der Waals surface area contributed by atoms with Crippen LogP contribution in [0.1, 0.15) is 34.3 Å². The normalized spacial score (nSPS) is 13.4. The van der Waals surface area contributed by atoms with Crippen LogP contribution in [0, 0.1) is 6.92 Å². The van der Waals surface area contributed by atoms with Crippen LogP contribution >= 0.6 is 0 Å². The largest absolute Gasteiger partial charge is 0.462 e. The van der Waals surface area contributed by atoms with Crippen LogP contribution in [0.3, 0.4) is 0 Å². The number of fused-ring (bicyclic) bond motifs is 3. The SMILES string of the molecule is CCOC(=O)C1=CN(C(=O)c2cc(-c3ccccc3)oc2C)CCc2c1[nH]c1ccccc21. The Morgan fingerprint density at radius 1 is 1.09 bits per heavy atom. The Kier molecular flexibility index (Phi) is 5.34. The van der Waals surface area contributed by atoms with Crippen molar-refractivity contribution in [1.82, 2.24) is 9.88 Å². The molecule has 0 aliphatic carbocycles. The Morgan fingerprint density at radius 3 is 2.64 bits per heavy atom. The zero-order valence-electron chi connectivity index (χ0n) is 18.6. The molecule has 1 aliphatic heterocycles. The molecule has 5 rings (SSSR count). The number of furan rings is 1. The number of nitrogens with one attached hydrogen (secondary N) is 1. The molecule has 1 N–H and O–H groups in total. The molecule has 1 aliphatic rings. The average molecular weight is 440 g/mol. The highest BCUT2D eigenvalue weighted by atomic mass is 16.5. The van der Waals surface area contributed by atoms with Gasteiger partial charge in [0.05, 0.1) is 23.4 Å². The number of nitrogens with zero attached hydrogens (tertiary/aromatic N) is 1. The molecule has 0 bridgehead atoms. The number of hydrogen-bond acceptors (Lipinski definition) is 4. The first-order chi connectivity index (χ1) is 16.1. The Morgan fingerprint density at radius 2 is 1.85 bits per heavy atom. The molecule has 0 saturated carbocycles. The molecule has 0 atom stereocenters. The van der Waals surface area contributed by atoms with Gasteiger partial charge in [-0.2, -0.15) is 0 Å². The van der Waals surface area contributed by atoms with Gasteiger partial charge in [0.15, 0.2) is 0 Å². The Labute approximate surface area is 191 Å². The van der Waals surface area contributed by atoms with E-state index in [1.54, 1.807) is 31.0 Å². The second-order valence-corrected chi connectivity index (χ2v) is 7.98. The van der Waals surface area contributed by atoms with Crippen LogP contribution in [-0.2, 0) is 16.0 Å². The molecule has 166 valence electrons. The molecule has 4 aromatic rings. The summed E-state index contributed by atoms with van der Waals surface area (Å²) in [6, 6.07) is 19.4. The van der Waals surface area contributed by atoms with Gasteiger partial charge in [0.1, 0.15) is 11.5 Å². The summed E-state index contributed by atoms with van der Waals surface area (Å²) in [5, 5.41) is 1.04. The summed E-state index contributed by atoms with van der Waals surface area (Å²) in [7, 11) is 0. The van der Waals surface area contributed by atoms with Crippen molar-refractivity contribution >= 4 is 28.4 Å². The maximum atomic E-state index is 13.5. The zero-order chi connectivity index (χ0) is 22.9. The quantitative estimate of drug-likeness (QED) is 0.435. The summed E-state index contributed by atoms with van der Waals surface area (Å²) in [5.74, 6) is 0.504. The van der Waals surface area contributed by atoms with Crippen molar-refractivity contribution in [2.75, 3.05) is 13.2 Å². The van der Waals surface area contributed by atoms with Crippen molar-refractivity contribution in [3.63, 3.8) is 0 Å². The lowest BCUT2D eigenvalue weighted by Gasteiger charge is -2.17. The molecular formula is C27H24N2O4. The van der Waals surface area contributed by atoms with Crippen molar-refractivity contribution in [1.29, 1.82) is 0 Å². The number of benzene rings is 2. The van der Waals surface area contributed by atoms with E-state index in [0.29, 0.717) is 41.3 Å². The fraction of sp³-hybridized carbons (Fsp3) is 0.185. The summed E-state index contributed by atoms with van der Waals surface area (Å²) in [6.45, 7) is 4.23. The molecule has 6 nitrogen and oxygen atoms in total. The van der Waals surface area contributed by atoms with E-state index in [4.69, 9.17) is 9.15 Å². The molecule has 3 heterocycles. The third kappa shape index (κ3) is 3.74. The molecule has 0 fully saturated rings. The van der Waals surface area contributed by atoms with Gasteiger partial charge >= 0.3 is 5.97 Å². The maximum Gasteiger partial charge on any atom is 0.341 e. The van der Waals surface area contributed by atoms with Gasteiger partial charge in [0, 0.05) is 29.2 Å². The van der Waals surface area contributed by atoms with E-state index >= 15 is 0 Å². The molecule has 0 radical (unpaired) electrons. The van der Waals surface area contributed by atoms with Crippen molar-refractivity contribution in [3.05, 3.63) is 89.4 Å². The van der Waals surface area contributed by atoms with Crippen LogP contribution in [-0.4, -0.2) is 34.9 Å². The molecule has 6 heteroatoms. The summed E-state index contributed by atoms with van der Waals surface area (Å²) < 4.78 is 11.2. The molecule has 2 aromatic carbocycles. The van der Waals surface area contributed by atoms with E-state index in [1.165, 1.54) is 0 Å². The highest BCUT2D eigenvalue weighted by Gasteiger charge is 2.29. The topological polar surface area (TPSA) is 75.5 Å². The van der Waals surface area contributed by atoms with Crippen LogP contribution in [0.5, 0.6) is 0 Å². The van der Waals surface area contributed by atoms with E-state index in [1.807, 2.05) is 54.6 Å². The van der Waals surface area contributed by atoms with Gasteiger partial charge in [-0.05, 0) is 38.0 Å². The van der Waals surface area contributed by atoms with Crippen molar-refractivity contribution < 1.29 is 18.7 Å². The summed E-state index contributed by atoms with van der Waals surface area (Å²) in [6.07, 6.45) is 2.21. The van der Waals surface area contributed by atoms with Crippen LogP contribution in [0.25, 0.3) is 27.8 Å². The van der Waals surface area contributed by atoms with Gasteiger partial charge in [-0.25, -0.2) is 4.79 Å². The minimum Gasteiger partial charge on any atom is -0.462 e. The highest BCUT2D eigenvalue weighted by Crippen LogP contribution is 2.33. The minimum absolute atomic E-state index is 0.213. The number of ether oxygens (including phenoxy) is 1. The lowest BCUT2D eigenvalue weighted by molar-refractivity contribution is -0.136. The predicted octanol–water partition coefficient (Wildman–Crippen LogP) is 5.34. The van der Waals surface area contributed by atoms with E-state index in [-0.39, 0.29) is 12.5 Å². The molecule has 0 spiro atoms. The predicted molar refractivity (Wildman–Crippen MR) is 127 cm³/mol. The van der Waals surface area contributed by atoms with Gasteiger partial charge in [-0.15, -0.1) is 0 Å². The maximum absolute atomic E-state index is 13.5. The van der Waals surface area contributed by atoms with E-state index in [2.05, 4.69) is 4.98 Å². The summed E-state index contributed by atoms with van der Waals surface area (Å²) in [4.78, 5) is 31.4. The van der Waals surface area contributed by atoms with Gasteiger partial charge < -0.3 is 19.0 Å². The number of carbonyl (C=O) groups excluding carboxylic acids is 2. The lowest BCUT2D eigenvalue weighted by atomic mass is 10.0. The average Bonchev–Trinajstić information content (AvgIpc) is 3.34. The van der Waals surface area contributed by atoms with Crippen LogP contribution in [0.2, 0.25) is 0 Å². The second kappa shape index (κ2) is 8.47. The highest BCUT2D eigenvalue weighted by molar-refractivity contribution is 6.18. The number of aromatic nitrogens is 1. The zero-order valence-corrected chi connectivity index (χ0v) is 18.6. The smallest absolute Gasteiger partial charge is 0.341 e. The first-order valence-electron chi connectivity index (χ1n) is 11.0. The number of H-pyrrole nitrogens is 1. The molecule has 2 aromatic heterocycles. The van der Waals surface area contributed by atoms with Gasteiger partial charge in [-0.3, -0.25) is 4.79 Å². The van der Waals surface area contributed by atoms with Gasteiger partial charge in [-0.1, -0.05) is 48.5 Å². The molecule has 33 heavy (non-hydrogen) atoms. The number of carbonyl (C=O) groups is 2. The first kappa shape index (κ1) is 20.8. The van der Waals surface area contributed by atoms with Gasteiger partial charge in [0.2, 0.25) is 0 Å². The Bertz CT molecular complexity index is 1380. The third-order valence-electron chi connectivity index (χ3n) is 5.93. The Balaban J connectivity index is 1.55. The number of hydrogen-bond donors (Lipinski definition) is 1. The second-order valence-electron chi connectivity index (χ2n) is 7.98. The monoisotopic (exact) mass is 440 g/mol. The molecule has 0 saturated heterocycles. The van der Waals surface area contributed by atoms with E-state index in [9.17, 15) is 9.59 Å². The van der Waals surface area contributed by atoms with Crippen molar-refractivity contribution in [3.8, 4) is 11.3 Å². The minimum atomic E-state index is -0.459. The number of aromatic amines is 1. The van der Waals surface area contributed by atoms with Crippen molar-refractivity contribution in [2.45, 2.75) is 20.3 Å². The third-order valence-corrected chi connectivity index (χ3v) is 5.93. The standard InChI is InChI=1S/C27H24N2O4/c1-3-32-27(31)22-16-29(14-13-20-19-11-7-8-12-23(19)28-25(20)22)26(30)21-15-24(33-17(21)2)18-9-5-4-6-10-18/h4-12,15-16,28H,3,13-14H2,1-2H3. The number of para-hydroxylation sites is 1. The van der Waals surface area contributed by atoms with Crippen LogP contribution in [0.15, 0.2) is 71.3 Å². The first-order valence-corrected chi connectivity index (χ1v) is 11.0. The number of esters is 1. The van der Waals surface area contributed by atoms with Crippen molar-refractivity contribution in [2.24, 2.45) is 0 Å². The number of aryl methyl sites for hydroxylation is 1. The summed E-state index contributed by atoms with van der Waals surface area (Å²) >= 11 is 0. The number of amides is 1. The fourth-order valence-electron chi connectivity index (χ4n) is 4.32. The summed E-state index contributed by atoms with van der Waals surface area (Å²) in [5.41, 5.74) is 4.39. The molecule has 0 unspecified atom stereocenters. The lowest BCUT2D eigenvalue weighted by Crippen LogP contribution is -2.28. The van der Waals surface area contributed by atoms with E-state index in [0.717, 1.165) is 22.0 Å². The molecular weight excluding hydrogens is 416 g/mol. The van der Waals surface area contributed by atoms with Crippen LogP contribution < -0.4 is 0 Å². The van der Waals surface area contributed by atoms with Crippen LogP contribution in [0.4, 0.5) is 0 Å². The molecule has 1 amide bonds. The number of rotatable bonds is 4. The Hall–Kier alpha value is -4.06. The fourth-order valence-corrected chi connectivity index (χ4v) is 4.32. The van der Waals surface area contributed by atoms with Gasteiger partial charge in [0.25, 0.3) is 5.91 Å².